The van der Waals surface area contributed by atoms with Crippen molar-refractivity contribution in [2.24, 2.45) is 5.41 Å². The monoisotopic (exact) mass is 233 g/mol. The molecule has 1 aliphatic rings. The van der Waals surface area contributed by atoms with E-state index in [9.17, 15) is 0 Å². The SMILES string of the molecule is CC(C)(C#N)CCCN1CCn2cnnc2C1. The van der Waals surface area contributed by atoms with Crippen molar-refractivity contribution in [2.75, 3.05) is 13.1 Å². The molecule has 0 atom stereocenters. The van der Waals surface area contributed by atoms with Crippen LogP contribution in [0.3, 0.4) is 0 Å². The van der Waals surface area contributed by atoms with Crippen LogP contribution in [-0.2, 0) is 13.1 Å². The Morgan fingerprint density at radius 2 is 2.29 bits per heavy atom. The lowest BCUT2D eigenvalue weighted by molar-refractivity contribution is 0.206. The molecule has 2 rings (SSSR count). The zero-order valence-electron chi connectivity index (χ0n) is 10.6. The summed E-state index contributed by atoms with van der Waals surface area (Å²) in [6.45, 7) is 7.95. The van der Waals surface area contributed by atoms with Gasteiger partial charge in [-0.1, -0.05) is 0 Å². The number of fused-ring (bicyclic) bond motifs is 1. The maximum absolute atomic E-state index is 8.95. The lowest BCUT2D eigenvalue weighted by Gasteiger charge is -2.27. The zero-order chi connectivity index (χ0) is 12.3. The molecule has 5 heteroatoms. The summed E-state index contributed by atoms with van der Waals surface area (Å²) in [6, 6.07) is 2.35. The molecule has 0 saturated heterocycles. The molecule has 2 heterocycles. The number of hydrogen-bond acceptors (Lipinski definition) is 4. The van der Waals surface area contributed by atoms with Gasteiger partial charge < -0.3 is 4.57 Å². The molecular weight excluding hydrogens is 214 g/mol. The van der Waals surface area contributed by atoms with Crippen LogP contribution in [0.25, 0.3) is 0 Å². The highest BCUT2D eigenvalue weighted by molar-refractivity contribution is 4.92. The van der Waals surface area contributed by atoms with Crippen LogP contribution in [0.2, 0.25) is 0 Å². The fraction of sp³-hybridized carbons (Fsp3) is 0.750. The van der Waals surface area contributed by atoms with Gasteiger partial charge in [-0.2, -0.15) is 5.26 Å². The smallest absolute Gasteiger partial charge is 0.147 e. The molecular formula is C12H19N5. The van der Waals surface area contributed by atoms with E-state index in [1.807, 2.05) is 13.8 Å². The molecule has 5 nitrogen and oxygen atoms in total. The molecule has 0 radical (unpaired) electrons. The molecule has 17 heavy (non-hydrogen) atoms. The van der Waals surface area contributed by atoms with E-state index in [2.05, 4.69) is 25.7 Å². The zero-order valence-corrected chi connectivity index (χ0v) is 10.6. The first-order valence-corrected chi connectivity index (χ1v) is 6.11. The normalized spacial score (nSPS) is 16.5. The predicted molar refractivity (Wildman–Crippen MR) is 63.9 cm³/mol. The third-order valence-electron chi connectivity index (χ3n) is 3.30. The first-order valence-electron chi connectivity index (χ1n) is 6.11. The summed E-state index contributed by atoms with van der Waals surface area (Å²) in [5.74, 6) is 1.05. The van der Waals surface area contributed by atoms with E-state index in [4.69, 9.17) is 5.26 Å². The van der Waals surface area contributed by atoms with Gasteiger partial charge in [0.1, 0.15) is 12.2 Å². The van der Waals surface area contributed by atoms with Gasteiger partial charge in [0.15, 0.2) is 0 Å². The van der Waals surface area contributed by atoms with Gasteiger partial charge in [-0.3, -0.25) is 4.90 Å². The maximum atomic E-state index is 8.95. The Balaban J connectivity index is 1.78. The van der Waals surface area contributed by atoms with Crippen LogP contribution in [0.5, 0.6) is 0 Å². The van der Waals surface area contributed by atoms with Crippen LogP contribution in [0.1, 0.15) is 32.5 Å². The topological polar surface area (TPSA) is 57.7 Å². The van der Waals surface area contributed by atoms with Gasteiger partial charge in [0.25, 0.3) is 0 Å². The second kappa shape index (κ2) is 4.84. The number of aromatic nitrogens is 3. The summed E-state index contributed by atoms with van der Waals surface area (Å²) in [4.78, 5) is 2.39. The second-order valence-corrected chi connectivity index (χ2v) is 5.32. The van der Waals surface area contributed by atoms with Gasteiger partial charge >= 0.3 is 0 Å². The summed E-state index contributed by atoms with van der Waals surface area (Å²) in [5, 5.41) is 17.0. The minimum atomic E-state index is -0.199. The lowest BCUT2D eigenvalue weighted by Crippen LogP contribution is -2.34. The van der Waals surface area contributed by atoms with Gasteiger partial charge in [0, 0.05) is 13.1 Å². The molecule has 0 fully saturated rings. The number of nitrogens with zero attached hydrogens (tertiary/aromatic N) is 5. The molecule has 0 bridgehead atoms. The van der Waals surface area contributed by atoms with Gasteiger partial charge in [0.2, 0.25) is 0 Å². The molecule has 0 aliphatic carbocycles. The van der Waals surface area contributed by atoms with Crippen LogP contribution in [0.15, 0.2) is 6.33 Å². The van der Waals surface area contributed by atoms with E-state index in [1.54, 1.807) is 6.33 Å². The summed E-state index contributed by atoms with van der Waals surface area (Å²) in [6.07, 6.45) is 3.81. The van der Waals surface area contributed by atoms with Crippen molar-refractivity contribution >= 4 is 0 Å². The summed E-state index contributed by atoms with van der Waals surface area (Å²) < 4.78 is 2.11. The van der Waals surface area contributed by atoms with Crippen molar-refractivity contribution < 1.29 is 0 Å². The van der Waals surface area contributed by atoms with Crippen molar-refractivity contribution in [3.8, 4) is 6.07 Å². The number of hydrogen-bond donors (Lipinski definition) is 0. The standard InChI is InChI=1S/C12H19N5/c1-12(2,9-13)4-3-5-16-6-7-17-10-14-15-11(17)8-16/h10H,3-8H2,1-2H3. The highest BCUT2D eigenvalue weighted by atomic mass is 15.3. The molecule has 1 aromatic rings. The molecule has 0 saturated carbocycles. The number of nitriles is 1. The van der Waals surface area contributed by atoms with Crippen molar-refractivity contribution in [1.82, 2.24) is 19.7 Å². The quantitative estimate of drug-likeness (QED) is 0.789. The van der Waals surface area contributed by atoms with Crippen LogP contribution >= 0.6 is 0 Å². The third-order valence-corrected chi connectivity index (χ3v) is 3.30. The molecule has 1 aromatic heterocycles. The molecule has 0 unspecified atom stereocenters. The fourth-order valence-electron chi connectivity index (χ4n) is 2.11. The van der Waals surface area contributed by atoms with E-state index >= 15 is 0 Å². The average molecular weight is 233 g/mol. The Hall–Kier alpha value is -1.41. The van der Waals surface area contributed by atoms with Crippen molar-refractivity contribution in [3.05, 3.63) is 12.2 Å². The van der Waals surface area contributed by atoms with E-state index in [0.717, 1.165) is 44.8 Å². The van der Waals surface area contributed by atoms with Gasteiger partial charge in [0.05, 0.1) is 18.0 Å². The fourth-order valence-corrected chi connectivity index (χ4v) is 2.11. The van der Waals surface area contributed by atoms with Crippen LogP contribution < -0.4 is 0 Å². The minimum absolute atomic E-state index is 0.199. The highest BCUT2D eigenvalue weighted by Crippen LogP contribution is 2.21. The summed E-state index contributed by atoms with van der Waals surface area (Å²) in [5.41, 5.74) is -0.199. The van der Waals surface area contributed by atoms with E-state index < -0.39 is 0 Å². The summed E-state index contributed by atoms with van der Waals surface area (Å²) >= 11 is 0. The highest BCUT2D eigenvalue weighted by Gasteiger charge is 2.19. The molecule has 0 N–H and O–H groups in total. The average Bonchev–Trinajstić information content (AvgIpc) is 2.76. The van der Waals surface area contributed by atoms with E-state index in [0.29, 0.717) is 0 Å². The van der Waals surface area contributed by atoms with Crippen LogP contribution in [-0.4, -0.2) is 32.8 Å². The maximum Gasteiger partial charge on any atom is 0.147 e. The second-order valence-electron chi connectivity index (χ2n) is 5.32. The van der Waals surface area contributed by atoms with Crippen LogP contribution in [0.4, 0.5) is 0 Å². The third kappa shape index (κ3) is 3.04. The number of rotatable bonds is 4. The Bertz CT molecular complexity index is 415. The van der Waals surface area contributed by atoms with Gasteiger partial charge in [-0.25, -0.2) is 0 Å². The van der Waals surface area contributed by atoms with Crippen molar-refractivity contribution in [2.45, 2.75) is 39.8 Å². The van der Waals surface area contributed by atoms with Crippen molar-refractivity contribution in [3.63, 3.8) is 0 Å². The molecule has 0 aromatic carbocycles. The Labute approximate surface area is 102 Å². The molecule has 92 valence electrons. The van der Waals surface area contributed by atoms with Gasteiger partial charge in [-0.15, -0.1) is 10.2 Å². The first-order chi connectivity index (χ1) is 8.11. The predicted octanol–water partition coefficient (Wildman–Crippen LogP) is 1.42. The van der Waals surface area contributed by atoms with E-state index in [1.165, 1.54) is 0 Å². The Morgan fingerprint density at radius 3 is 3.06 bits per heavy atom. The van der Waals surface area contributed by atoms with Gasteiger partial charge in [-0.05, 0) is 33.2 Å². The van der Waals surface area contributed by atoms with Crippen LogP contribution in [0, 0.1) is 16.7 Å². The first kappa shape index (κ1) is 12.1. The Morgan fingerprint density at radius 1 is 1.47 bits per heavy atom. The minimum Gasteiger partial charge on any atom is -0.315 e. The molecule has 0 spiro atoms. The van der Waals surface area contributed by atoms with E-state index in [-0.39, 0.29) is 5.41 Å². The van der Waals surface area contributed by atoms with Crippen molar-refractivity contribution in [1.29, 1.82) is 5.26 Å². The lowest BCUT2D eigenvalue weighted by atomic mass is 9.90. The Kier molecular flexibility index (Phi) is 3.43. The molecule has 1 aliphatic heterocycles. The molecule has 0 amide bonds. The summed E-state index contributed by atoms with van der Waals surface area (Å²) in [7, 11) is 0. The largest absolute Gasteiger partial charge is 0.315 e.